The number of fused-ring (bicyclic) bond motifs is 1. The van der Waals surface area contributed by atoms with Gasteiger partial charge in [0.05, 0.1) is 11.1 Å². The topological polar surface area (TPSA) is 83.6 Å². The second-order valence-corrected chi connectivity index (χ2v) is 6.99. The van der Waals surface area contributed by atoms with E-state index >= 15 is 0 Å². The van der Waals surface area contributed by atoms with E-state index < -0.39 is 23.8 Å². The van der Waals surface area contributed by atoms with E-state index in [0.29, 0.717) is 11.1 Å². The maximum absolute atomic E-state index is 12.7. The van der Waals surface area contributed by atoms with Crippen LogP contribution in [-0.2, 0) is 16.0 Å². The summed E-state index contributed by atoms with van der Waals surface area (Å²) in [4.78, 5) is 49.7. The number of unbranched alkanes of at least 4 members (excludes halogenated alkanes) is 4. The predicted molar refractivity (Wildman–Crippen MR) is 95.6 cm³/mol. The number of piperidine rings is 1. The lowest BCUT2D eigenvalue weighted by atomic mass is 10.0. The van der Waals surface area contributed by atoms with Crippen LogP contribution in [0, 0.1) is 0 Å². The molecule has 0 bridgehead atoms. The van der Waals surface area contributed by atoms with Crippen LogP contribution in [0.3, 0.4) is 0 Å². The summed E-state index contributed by atoms with van der Waals surface area (Å²) in [6.45, 7) is 2.18. The van der Waals surface area contributed by atoms with E-state index in [9.17, 15) is 19.2 Å². The molecule has 0 saturated carbocycles. The number of nitrogens with one attached hydrogen (secondary N) is 1. The summed E-state index contributed by atoms with van der Waals surface area (Å²) < 4.78 is 0. The summed E-state index contributed by atoms with van der Waals surface area (Å²) in [7, 11) is 0. The molecule has 6 nitrogen and oxygen atoms in total. The Labute approximate surface area is 152 Å². The summed E-state index contributed by atoms with van der Waals surface area (Å²) in [6, 6.07) is 4.44. The fourth-order valence-corrected chi connectivity index (χ4v) is 3.61. The second kappa shape index (κ2) is 7.81. The first kappa shape index (κ1) is 18.3. The predicted octanol–water partition coefficient (Wildman–Crippen LogP) is 2.60. The van der Waals surface area contributed by atoms with Gasteiger partial charge in [0.2, 0.25) is 11.8 Å². The van der Waals surface area contributed by atoms with Crippen molar-refractivity contribution in [1.29, 1.82) is 0 Å². The van der Waals surface area contributed by atoms with Gasteiger partial charge in [-0.1, -0.05) is 38.7 Å². The number of hydrogen-bond donors (Lipinski definition) is 1. The fourth-order valence-electron chi connectivity index (χ4n) is 3.61. The Bertz CT molecular complexity index is 756. The Kier molecular flexibility index (Phi) is 5.49. The van der Waals surface area contributed by atoms with Crippen LogP contribution in [0.25, 0.3) is 0 Å². The Morgan fingerprint density at radius 2 is 1.73 bits per heavy atom. The third-order valence-corrected chi connectivity index (χ3v) is 5.07. The van der Waals surface area contributed by atoms with Crippen LogP contribution in [-0.4, -0.2) is 34.6 Å². The fraction of sp³-hybridized carbons (Fsp3) is 0.500. The second-order valence-electron chi connectivity index (χ2n) is 6.99. The van der Waals surface area contributed by atoms with Gasteiger partial charge in [0.15, 0.2) is 0 Å². The van der Waals surface area contributed by atoms with Crippen molar-refractivity contribution >= 4 is 23.6 Å². The van der Waals surface area contributed by atoms with Crippen molar-refractivity contribution in [2.45, 2.75) is 64.3 Å². The van der Waals surface area contributed by atoms with Crippen LogP contribution in [0.1, 0.15) is 78.1 Å². The molecule has 26 heavy (non-hydrogen) atoms. The molecule has 0 radical (unpaired) electrons. The molecule has 2 aliphatic heterocycles. The lowest BCUT2D eigenvalue weighted by molar-refractivity contribution is -0.136. The Balaban J connectivity index is 1.71. The number of carbonyl (C=O) groups excluding carboxylic acids is 4. The molecule has 3 rings (SSSR count). The van der Waals surface area contributed by atoms with Crippen molar-refractivity contribution in [1.82, 2.24) is 10.2 Å². The largest absolute Gasteiger partial charge is 0.295 e. The highest BCUT2D eigenvalue weighted by molar-refractivity contribution is 6.23. The first-order valence-electron chi connectivity index (χ1n) is 9.37. The van der Waals surface area contributed by atoms with Crippen molar-refractivity contribution in [3.63, 3.8) is 0 Å². The highest BCUT2D eigenvalue weighted by Gasteiger charge is 2.44. The van der Waals surface area contributed by atoms with E-state index in [4.69, 9.17) is 0 Å². The molecule has 2 heterocycles. The summed E-state index contributed by atoms with van der Waals surface area (Å²) in [6.07, 6.45) is 7.04. The summed E-state index contributed by atoms with van der Waals surface area (Å²) in [5.74, 6) is -1.83. The lowest BCUT2D eigenvalue weighted by Crippen LogP contribution is -2.54. The minimum Gasteiger partial charge on any atom is -0.295 e. The molecule has 4 amide bonds. The number of imide groups is 2. The normalized spacial score (nSPS) is 19.7. The first-order chi connectivity index (χ1) is 12.5. The van der Waals surface area contributed by atoms with Gasteiger partial charge in [0.25, 0.3) is 11.8 Å². The number of aryl methyl sites for hydroxylation is 1. The number of rotatable bonds is 7. The van der Waals surface area contributed by atoms with Gasteiger partial charge in [-0.2, -0.15) is 0 Å². The minimum absolute atomic E-state index is 0.132. The van der Waals surface area contributed by atoms with Gasteiger partial charge in [-0.25, -0.2) is 0 Å². The minimum atomic E-state index is -0.905. The third-order valence-electron chi connectivity index (χ3n) is 5.07. The zero-order valence-electron chi connectivity index (χ0n) is 15.0. The van der Waals surface area contributed by atoms with Gasteiger partial charge in [-0.3, -0.25) is 29.4 Å². The van der Waals surface area contributed by atoms with Crippen LogP contribution in [0.15, 0.2) is 18.2 Å². The molecule has 1 atom stereocenters. The molecule has 1 N–H and O–H groups in total. The van der Waals surface area contributed by atoms with E-state index in [1.807, 2.05) is 6.07 Å². The Morgan fingerprint density at radius 1 is 1.00 bits per heavy atom. The van der Waals surface area contributed by atoms with Crippen LogP contribution in [0.5, 0.6) is 0 Å². The highest BCUT2D eigenvalue weighted by atomic mass is 16.2. The monoisotopic (exact) mass is 356 g/mol. The first-order valence-corrected chi connectivity index (χ1v) is 9.37. The molecular weight excluding hydrogens is 332 g/mol. The van der Waals surface area contributed by atoms with E-state index in [0.717, 1.165) is 29.7 Å². The summed E-state index contributed by atoms with van der Waals surface area (Å²) in [5, 5.41) is 2.21. The smallest absolute Gasteiger partial charge is 0.262 e. The van der Waals surface area contributed by atoms with Crippen molar-refractivity contribution in [3.05, 3.63) is 34.9 Å². The summed E-state index contributed by atoms with van der Waals surface area (Å²) >= 11 is 0. The number of amides is 4. The molecule has 0 aromatic heterocycles. The molecule has 138 valence electrons. The molecule has 2 aliphatic rings. The van der Waals surface area contributed by atoms with Gasteiger partial charge in [0.1, 0.15) is 6.04 Å². The Morgan fingerprint density at radius 3 is 2.46 bits per heavy atom. The lowest BCUT2D eigenvalue weighted by Gasteiger charge is -2.27. The van der Waals surface area contributed by atoms with Crippen molar-refractivity contribution in [2.24, 2.45) is 0 Å². The van der Waals surface area contributed by atoms with Crippen molar-refractivity contribution < 1.29 is 19.2 Å². The molecule has 0 spiro atoms. The molecule has 1 aromatic carbocycles. The van der Waals surface area contributed by atoms with Gasteiger partial charge in [-0.15, -0.1) is 0 Å². The molecule has 1 saturated heterocycles. The number of benzene rings is 1. The maximum Gasteiger partial charge on any atom is 0.262 e. The highest BCUT2D eigenvalue weighted by Crippen LogP contribution is 2.28. The molecule has 1 unspecified atom stereocenters. The average molecular weight is 356 g/mol. The molecule has 1 aromatic rings. The Hall–Kier alpha value is -2.50. The van der Waals surface area contributed by atoms with Crippen LogP contribution in [0.4, 0.5) is 0 Å². The maximum atomic E-state index is 12.7. The number of hydrogen-bond acceptors (Lipinski definition) is 4. The molecule has 6 heteroatoms. The van der Waals surface area contributed by atoms with Crippen LogP contribution < -0.4 is 5.32 Å². The standard InChI is InChI=1S/C20H24N2O4/c1-2-3-4-5-6-7-13-8-9-14-15(12-13)20(26)22(19(14)25)16-10-11-17(23)21-18(16)24/h8-9,12,16H,2-7,10-11H2,1H3,(H,21,23,24). The van der Waals surface area contributed by atoms with Crippen molar-refractivity contribution in [2.75, 3.05) is 0 Å². The molecule has 1 fully saturated rings. The van der Waals surface area contributed by atoms with Crippen LogP contribution in [0.2, 0.25) is 0 Å². The zero-order chi connectivity index (χ0) is 18.7. The molecule has 0 aliphatic carbocycles. The van der Waals surface area contributed by atoms with E-state index in [1.54, 1.807) is 12.1 Å². The SMILES string of the molecule is CCCCCCCc1ccc2c(c1)C(=O)N(C1CCC(=O)NC1=O)C2=O. The number of carbonyl (C=O) groups is 4. The number of nitrogens with zero attached hydrogens (tertiary/aromatic N) is 1. The van der Waals surface area contributed by atoms with Gasteiger partial charge in [0, 0.05) is 6.42 Å². The van der Waals surface area contributed by atoms with Crippen LogP contribution >= 0.6 is 0 Å². The van der Waals surface area contributed by atoms with E-state index in [2.05, 4.69) is 12.2 Å². The summed E-state index contributed by atoms with van der Waals surface area (Å²) in [5.41, 5.74) is 1.74. The van der Waals surface area contributed by atoms with Gasteiger partial charge in [-0.05, 0) is 37.0 Å². The van der Waals surface area contributed by atoms with E-state index in [-0.39, 0.29) is 18.7 Å². The zero-order valence-corrected chi connectivity index (χ0v) is 15.0. The van der Waals surface area contributed by atoms with Gasteiger partial charge >= 0.3 is 0 Å². The third kappa shape index (κ3) is 3.54. The average Bonchev–Trinajstić information content (AvgIpc) is 2.86. The van der Waals surface area contributed by atoms with Gasteiger partial charge < -0.3 is 0 Å². The van der Waals surface area contributed by atoms with E-state index in [1.165, 1.54) is 19.3 Å². The van der Waals surface area contributed by atoms with Crippen molar-refractivity contribution in [3.8, 4) is 0 Å². The molecular formula is C20H24N2O4. The quantitative estimate of drug-likeness (QED) is 0.601.